The smallest absolute Gasteiger partial charge is 0.252 e. The number of carbonyl (C=O) groups excluding carboxylic acids is 1. The monoisotopic (exact) mass is 325 g/mol. The maximum absolute atomic E-state index is 11.9. The number of amides is 1. The largest absolute Gasteiger partial charge is 0.496 e. The number of nitrogens with one attached hydrogen (secondary N) is 1. The lowest BCUT2D eigenvalue weighted by molar-refractivity contribution is 0.0951. The van der Waals surface area contributed by atoms with Crippen LogP contribution in [0.15, 0.2) is 39.5 Å². The van der Waals surface area contributed by atoms with Crippen molar-refractivity contribution in [1.82, 2.24) is 5.32 Å². The minimum absolute atomic E-state index is 0.0807. The second kappa shape index (κ2) is 6.02. The molecule has 0 spiro atoms. The van der Waals surface area contributed by atoms with Crippen molar-refractivity contribution >= 4 is 33.2 Å². The second-order valence-electron chi connectivity index (χ2n) is 3.63. The highest BCUT2D eigenvalue weighted by Gasteiger charge is 2.08. The van der Waals surface area contributed by atoms with E-state index >= 15 is 0 Å². The summed E-state index contributed by atoms with van der Waals surface area (Å²) >= 11 is 4.83. The number of halogens is 1. The van der Waals surface area contributed by atoms with E-state index in [9.17, 15) is 4.79 Å². The van der Waals surface area contributed by atoms with Crippen LogP contribution in [0.3, 0.4) is 0 Å². The molecule has 1 aromatic heterocycles. The fourth-order valence-electron chi connectivity index (χ4n) is 1.56. The van der Waals surface area contributed by atoms with E-state index in [2.05, 4.69) is 21.2 Å². The number of ether oxygens (including phenoxy) is 1. The Bertz CT molecular complexity index is 553. The van der Waals surface area contributed by atoms with Gasteiger partial charge in [0.25, 0.3) is 5.91 Å². The van der Waals surface area contributed by atoms with Crippen molar-refractivity contribution in [2.75, 3.05) is 7.11 Å². The number of para-hydroxylation sites is 1. The Balaban J connectivity index is 2.01. The fourth-order valence-corrected chi connectivity index (χ4v) is 2.69. The van der Waals surface area contributed by atoms with Crippen LogP contribution >= 0.6 is 27.3 Å². The topological polar surface area (TPSA) is 38.3 Å². The highest BCUT2D eigenvalue weighted by Crippen LogP contribution is 2.21. The first-order valence-corrected chi connectivity index (χ1v) is 7.02. The number of thiophene rings is 1. The minimum atomic E-state index is -0.0807. The summed E-state index contributed by atoms with van der Waals surface area (Å²) in [7, 11) is 1.62. The quantitative estimate of drug-likeness (QED) is 0.935. The third-order valence-electron chi connectivity index (χ3n) is 2.46. The molecule has 2 aromatic rings. The molecule has 18 heavy (non-hydrogen) atoms. The van der Waals surface area contributed by atoms with Gasteiger partial charge in [-0.15, -0.1) is 11.3 Å². The first kappa shape index (κ1) is 13.1. The summed E-state index contributed by atoms with van der Waals surface area (Å²) in [6.07, 6.45) is 0. The minimum Gasteiger partial charge on any atom is -0.496 e. The molecule has 1 heterocycles. The molecule has 0 fully saturated rings. The van der Waals surface area contributed by atoms with Crippen molar-refractivity contribution in [2.24, 2.45) is 0 Å². The Labute approximate surface area is 118 Å². The van der Waals surface area contributed by atoms with E-state index in [1.807, 2.05) is 35.7 Å². The zero-order chi connectivity index (χ0) is 13.0. The lowest BCUT2D eigenvalue weighted by Gasteiger charge is -2.08. The Morgan fingerprint density at radius 2 is 2.22 bits per heavy atom. The highest BCUT2D eigenvalue weighted by atomic mass is 79.9. The molecular weight excluding hydrogens is 314 g/mol. The Morgan fingerprint density at radius 1 is 1.44 bits per heavy atom. The van der Waals surface area contributed by atoms with Gasteiger partial charge in [0.15, 0.2) is 0 Å². The number of hydrogen-bond donors (Lipinski definition) is 1. The van der Waals surface area contributed by atoms with Crippen LogP contribution in [0.4, 0.5) is 0 Å². The molecule has 0 aliphatic rings. The predicted molar refractivity (Wildman–Crippen MR) is 76.2 cm³/mol. The third-order valence-corrected chi connectivity index (χ3v) is 3.97. The van der Waals surface area contributed by atoms with Crippen molar-refractivity contribution in [2.45, 2.75) is 6.54 Å². The van der Waals surface area contributed by atoms with Crippen LogP contribution in [0.5, 0.6) is 5.75 Å². The molecule has 3 nitrogen and oxygen atoms in total. The normalized spacial score (nSPS) is 10.1. The molecule has 0 radical (unpaired) electrons. The molecule has 0 aliphatic carbocycles. The molecule has 0 bridgehead atoms. The van der Waals surface area contributed by atoms with Gasteiger partial charge in [-0.1, -0.05) is 18.2 Å². The Morgan fingerprint density at radius 3 is 2.89 bits per heavy atom. The van der Waals surface area contributed by atoms with Crippen molar-refractivity contribution in [3.05, 3.63) is 50.6 Å². The molecule has 0 saturated heterocycles. The molecule has 1 amide bonds. The van der Waals surface area contributed by atoms with E-state index in [0.29, 0.717) is 12.1 Å². The van der Waals surface area contributed by atoms with Gasteiger partial charge in [-0.25, -0.2) is 0 Å². The van der Waals surface area contributed by atoms with Crippen LogP contribution in [-0.4, -0.2) is 13.0 Å². The van der Waals surface area contributed by atoms with Gasteiger partial charge in [0.1, 0.15) is 5.75 Å². The molecule has 0 unspecified atom stereocenters. The van der Waals surface area contributed by atoms with E-state index in [1.165, 1.54) is 11.3 Å². The van der Waals surface area contributed by atoms with Crippen molar-refractivity contribution < 1.29 is 9.53 Å². The molecule has 0 saturated carbocycles. The van der Waals surface area contributed by atoms with Gasteiger partial charge in [-0.05, 0) is 28.1 Å². The molecule has 0 aliphatic heterocycles. The summed E-state index contributed by atoms with van der Waals surface area (Å²) < 4.78 is 6.18. The molecule has 1 N–H and O–H groups in total. The van der Waals surface area contributed by atoms with Crippen molar-refractivity contribution in [1.29, 1.82) is 0 Å². The number of methoxy groups -OCH3 is 1. The number of carbonyl (C=O) groups is 1. The lowest BCUT2D eigenvalue weighted by Crippen LogP contribution is -2.22. The Kier molecular flexibility index (Phi) is 4.38. The zero-order valence-electron chi connectivity index (χ0n) is 9.77. The van der Waals surface area contributed by atoms with Gasteiger partial charge in [0.05, 0.1) is 16.5 Å². The molecule has 0 atom stereocenters. The summed E-state index contributed by atoms with van der Waals surface area (Å²) in [4.78, 5) is 11.9. The molecule has 5 heteroatoms. The van der Waals surface area contributed by atoms with Crippen LogP contribution in [-0.2, 0) is 6.54 Å². The number of hydrogen-bond acceptors (Lipinski definition) is 3. The van der Waals surface area contributed by atoms with E-state index in [-0.39, 0.29) is 5.91 Å². The van der Waals surface area contributed by atoms with Crippen LogP contribution in [0.25, 0.3) is 0 Å². The fraction of sp³-hybridized carbons (Fsp3) is 0.154. The molecule has 94 valence electrons. The summed E-state index contributed by atoms with van der Waals surface area (Å²) in [6.45, 7) is 0.455. The summed E-state index contributed by atoms with van der Waals surface area (Å²) in [5.74, 6) is 0.701. The summed E-state index contributed by atoms with van der Waals surface area (Å²) in [6, 6.07) is 9.44. The molecule has 1 aromatic carbocycles. The lowest BCUT2D eigenvalue weighted by atomic mass is 10.2. The number of benzene rings is 1. The van der Waals surface area contributed by atoms with Crippen LogP contribution in [0.2, 0.25) is 0 Å². The maximum Gasteiger partial charge on any atom is 0.252 e. The van der Waals surface area contributed by atoms with Crippen molar-refractivity contribution in [3.8, 4) is 5.75 Å². The standard InChI is InChI=1S/C13H12BrNO2S/c1-17-11-5-3-2-4-9(11)7-15-13(16)10-6-12(14)18-8-10/h2-6,8H,7H2,1H3,(H,15,16). The first-order chi connectivity index (χ1) is 8.70. The van der Waals surface area contributed by atoms with Gasteiger partial charge < -0.3 is 10.1 Å². The average Bonchev–Trinajstić information content (AvgIpc) is 2.83. The zero-order valence-corrected chi connectivity index (χ0v) is 12.2. The van der Waals surface area contributed by atoms with Gasteiger partial charge in [0, 0.05) is 17.5 Å². The number of rotatable bonds is 4. The maximum atomic E-state index is 11.9. The summed E-state index contributed by atoms with van der Waals surface area (Å²) in [5, 5.41) is 4.69. The van der Waals surface area contributed by atoms with Crippen LogP contribution < -0.4 is 10.1 Å². The van der Waals surface area contributed by atoms with Gasteiger partial charge in [-0.2, -0.15) is 0 Å². The van der Waals surface area contributed by atoms with Gasteiger partial charge in [-0.3, -0.25) is 4.79 Å². The molecular formula is C13H12BrNO2S. The van der Waals surface area contributed by atoms with Crippen LogP contribution in [0.1, 0.15) is 15.9 Å². The van der Waals surface area contributed by atoms with Gasteiger partial charge >= 0.3 is 0 Å². The van der Waals surface area contributed by atoms with Gasteiger partial charge in [0.2, 0.25) is 0 Å². The highest BCUT2D eigenvalue weighted by molar-refractivity contribution is 9.11. The SMILES string of the molecule is COc1ccccc1CNC(=O)c1csc(Br)c1. The summed E-state index contributed by atoms with van der Waals surface area (Å²) in [5.41, 5.74) is 1.63. The second-order valence-corrected chi connectivity index (χ2v) is 5.92. The third kappa shape index (κ3) is 3.11. The van der Waals surface area contributed by atoms with E-state index in [0.717, 1.165) is 15.1 Å². The predicted octanol–water partition coefficient (Wildman–Crippen LogP) is 3.45. The van der Waals surface area contributed by atoms with E-state index in [1.54, 1.807) is 7.11 Å². The van der Waals surface area contributed by atoms with E-state index in [4.69, 9.17) is 4.74 Å². The van der Waals surface area contributed by atoms with E-state index < -0.39 is 0 Å². The first-order valence-electron chi connectivity index (χ1n) is 5.35. The molecule has 2 rings (SSSR count). The Hall–Kier alpha value is -1.33. The van der Waals surface area contributed by atoms with Crippen molar-refractivity contribution in [3.63, 3.8) is 0 Å². The van der Waals surface area contributed by atoms with Crippen LogP contribution in [0, 0.1) is 0 Å². The average molecular weight is 326 g/mol.